The van der Waals surface area contributed by atoms with Crippen molar-refractivity contribution in [2.75, 3.05) is 19.1 Å². The summed E-state index contributed by atoms with van der Waals surface area (Å²) in [6.07, 6.45) is 11.7. The van der Waals surface area contributed by atoms with E-state index in [4.69, 9.17) is 25.3 Å². The van der Waals surface area contributed by atoms with Gasteiger partial charge in [0.1, 0.15) is 23.5 Å². The SMILES string of the molecule is CC(C)(C)OC(=O)c1ccc(-n2ccc(OCC(OS(C)(C)C(C)(C)C)C3C4(CC4)C34CC4)n2)nc1Cl. The maximum absolute atomic E-state index is 12.4. The van der Waals surface area contributed by atoms with Gasteiger partial charge in [-0.1, -0.05) is 32.4 Å². The minimum Gasteiger partial charge on any atom is -0.474 e. The highest BCUT2D eigenvalue weighted by atomic mass is 35.5. The summed E-state index contributed by atoms with van der Waals surface area (Å²) in [6, 6.07) is 5.13. The van der Waals surface area contributed by atoms with Crippen LogP contribution in [0.15, 0.2) is 24.4 Å². The van der Waals surface area contributed by atoms with Crippen LogP contribution < -0.4 is 4.74 Å². The van der Waals surface area contributed by atoms with Crippen LogP contribution in [0.4, 0.5) is 0 Å². The van der Waals surface area contributed by atoms with Crippen molar-refractivity contribution in [3.05, 3.63) is 35.1 Å². The number of hydrogen-bond donors (Lipinski definition) is 0. The Morgan fingerprint density at radius 2 is 1.73 bits per heavy atom. The molecule has 37 heavy (non-hydrogen) atoms. The monoisotopic (exact) mass is 549 g/mol. The van der Waals surface area contributed by atoms with E-state index in [-0.39, 0.29) is 21.6 Å². The molecule has 0 bridgehead atoms. The van der Waals surface area contributed by atoms with Crippen LogP contribution in [0, 0.1) is 16.7 Å². The summed E-state index contributed by atoms with van der Waals surface area (Å²) in [5.41, 5.74) is 0.645. The number of nitrogens with zero attached hydrogens (tertiary/aromatic N) is 3. The first-order valence-electron chi connectivity index (χ1n) is 13.1. The van der Waals surface area contributed by atoms with E-state index in [1.165, 1.54) is 25.7 Å². The molecule has 3 fully saturated rings. The molecule has 3 aliphatic carbocycles. The average Bonchev–Trinajstić information content (AvgIpc) is 3.72. The maximum Gasteiger partial charge on any atom is 0.341 e. The van der Waals surface area contributed by atoms with Gasteiger partial charge in [-0.3, -0.25) is 0 Å². The van der Waals surface area contributed by atoms with E-state index in [9.17, 15) is 4.79 Å². The second-order valence-electron chi connectivity index (χ2n) is 13.2. The van der Waals surface area contributed by atoms with Gasteiger partial charge in [0.25, 0.3) is 0 Å². The summed E-state index contributed by atoms with van der Waals surface area (Å²) in [5.74, 6) is 1.10. The molecule has 1 unspecified atom stereocenters. The standard InChI is InChI=1S/C28H40ClN3O4S/c1-25(2,3)35-24(33)18-9-10-20(30-23(18)29)32-16-11-21(31-32)34-17-19(36-37(7,8)26(4,5)6)22-27(12-13-27)28(22)14-15-28/h9-11,16,19,22H,12-15,17H2,1-8H3. The molecule has 0 saturated heterocycles. The minimum absolute atomic E-state index is 0.0695. The van der Waals surface area contributed by atoms with Crippen molar-refractivity contribution in [1.29, 1.82) is 0 Å². The second kappa shape index (κ2) is 8.62. The fraction of sp³-hybridized carbons (Fsp3) is 0.679. The molecular weight excluding hydrogens is 510 g/mol. The molecule has 1 atom stereocenters. The van der Waals surface area contributed by atoms with Crippen molar-refractivity contribution < 1.29 is 18.5 Å². The molecule has 2 spiro atoms. The predicted molar refractivity (Wildman–Crippen MR) is 148 cm³/mol. The fourth-order valence-corrected chi connectivity index (χ4v) is 7.03. The molecule has 5 rings (SSSR count). The number of carbonyl (C=O) groups is 1. The third kappa shape index (κ3) is 4.89. The predicted octanol–water partition coefficient (Wildman–Crippen LogP) is 6.61. The molecule has 9 heteroatoms. The van der Waals surface area contributed by atoms with Gasteiger partial charge in [0.2, 0.25) is 5.88 Å². The Morgan fingerprint density at radius 3 is 2.24 bits per heavy atom. The number of rotatable bonds is 8. The van der Waals surface area contributed by atoms with Gasteiger partial charge in [0.15, 0.2) is 5.82 Å². The van der Waals surface area contributed by atoms with Crippen LogP contribution in [-0.4, -0.2) is 56.3 Å². The molecule has 0 amide bonds. The summed E-state index contributed by atoms with van der Waals surface area (Å²) in [4.78, 5) is 16.8. The van der Waals surface area contributed by atoms with Crippen LogP contribution in [0.1, 0.15) is 77.6 Å². The van der Waals surface area contributed by atoms with E-state index >= 15 is 0 Å². The lowest BCUT2D eigenvalue weighted by atomic mass is 10.2. The van der Waals surface area contributed by atoms with Crippen molar-refractivity contribution in [1.82, 2.24) is 14.8 Å². The highest BCUT2D eigenvalue weighted by Crippen LogP contribution is 2.93. The van der Waals surface area contributed by atoms with Gasteiger partial charge in [-0.15, -0.1) is 15.4 Å². The molecule has 3 saturated carbocycles. The van der Waals surface area contributed by atoms with Crippen molar-refractivity contribution in [2.24, 2.45) is 16.7 Å². The topological polar surface area (TPSA) is 75.5 Å². The Kier molecular flexibility index (Phi) is 6.25. The van der Waals surface area contributed by atoms with Gasteiger partial charge in [0.05, 0.1) is 5.56 Å². The van der Waals surface area contributed by atoms with Crippen molar-refractivity contribution in [2.45, 2.75) is 83.7 Å². The molecule has 204 valence electrons. The van der Waals surface area contributed by atoms with Crippen LogP contribution in [-0.2, 0) is 8.92 Å². The van der Waals surface area contributed by atoms with Gasteiger partial charge in [-0.25, -0.2) is 14.5 Å². The Hall–Kier alpha value is -1.77. The molecule has 0 aliphatic heterocycles. The minimum atomic E-state index is -1.28. The van der Waals surface area contributed by atoms with E-state index in [1.54, 1.807) is 23.0 Å². The number of fused-ring (bicyclic) bond motifs is 1. The van der Waals surface area contributed by atoms with E-state index in [0.717, 1.165) is 0 Å². The summed E-state index contributed by atoms with van der Waals surface area (Å²) in [6.45, 7) is 12.7. The molecule has 2 aromatic rings. The number of esters is 1. The molecular formula is C28H40ClN3O4S. The first-order chi connectivity index (χ1) is 17.1. The normalized spacial score (nSPS) is 21.1. The highest BCUT2D eigenvalue weighted by Gasteiger charge is 2.88. The van der Waals surface area contributed by atoms with E-state index < -0.39 is 21.9 Å². The first-order valence-corrected chi connectivity index (χ1v) is 15.8. The van der Waals surface area contributed by atoms with Crippen molar-refractivity contribution in [3.8, 4) is 11.7 Å². The van der Waals surface area contributed by atoms with Gasteiger partial charge >= 0.3 is 5.97 Å². The van der Waals surface area contributed by atoms with E-state index in [2.05, 4.69) is 43.4 Å². The molecule has 2 aromatic heterocycles. The van der Waals surface area contributed by atoms with E-state index in [0.29, 0.717) is 35.1 Å². The maximum atomic E-state index is 12.4. The zero-order valence-corrected chi connectivity index (χ0v) is 24.8. The number of hydrogen-bond acceptors (Lipinski definition) is 6. The van der Waals surface area contributed by atoms with Gasteiger partial charge in [0, 0.05) is 22.9 Å². The molecule has 7 nitrogen and oxygen atoms in total. The van der Waals surface area contributed by atoms with Crippen LogP contribution in [0.5, 0.6) is 5.88 Å². The lowest BCUT2D eigenvalue weighted by molar-refractivity contribution is 0.00693. The van der Waals surface area contributed by atoms with Crippen molar-refractivity contribution >= 4 is 27.9 Å². The molecule has 0 N–H and O–H groups in total. The summed E-state index contributed by atoms with van der Waals surface area (Å²) < 4.78 is 20.3. The van der Waals surface area contributed by atoms with Crippen LogP contribution in [0.25, 0.3) is 5.82 Å². The van der Waals surface area contributed by atoms with Crippen LogP contribution >= 0.6 is 21.9 Å². The summed E-state index contributed by atoms with van der Waals surface area (Å²) >= 11 is 6.32. The Morgan fingerprint density at radius 1 is 1.11 bits per heavy atom. The molecule has 0 radical (unpaired) electrons. The quantitative estimate of drug-likeness (QED) is 0.272. The molecule has 3 aliphatic rings. The summed E-state index contributed by atoms with van der Waals surface area (Å²) in [5, 5.41) is 4.64. The van der Waals surface area contributed by atoms with Crippen molar-refractivity contribution in [3.63, 3.8) is 0 Å². The van der Waals surface area contributed by atoms with E-state index in [1.807, 2.05) is 26.8 Å². The molecule has 2 heterocycles. The lowest BCUT2D eigenvalue weighted by Crippen LogP contribution is -2.33. The lowest BCUT2D eigenvalue weighted by Gasteiger charge is -2.46. The zero-order chi connectivity index (χ0) is 27.0. The van der Waals surface area contributed by atoms with Gasteiger partial charge in [-0.2, -0.15) is 0 Å². The third-order valence-corrected chi connectivity index (χ3v) is 12.5. The molecule has 0 aromatic carbocycles. The second-order valence-corrected chi connectivity index (χ2v) is 17.4. The van der Waals surface area contributed by atoms with Crippen LogP contribution in [0.2, 0.25) is 5.15 Å². The highest BCUT2D eigenvalue weighted by molar-refractivity contribution is 8.29. The Labute approximate surface area is 227 Å². The number of carbonyl (C=O) groups excluding carboxylic acids is 1. The fourth-order valence-electron chi connectivity index (χ4n) is 5.73. The largest absolute Gasteiger partial charge is 0.474 e. The summed E-state index contributed by atoms with van der Waals surface area (Å²) in [7, 11) is -1.28. The first kappa shape index (κ1) is 26.8. The Balaban J connectivity index is 1.28. The third-order valence-electron chi connectivity index (χ3n) is 8.53. The average molecular weight is 550 g/mol. The zero-order valence-electron chi connectivity index (χ0n) is 23.3. The Bertz CT molecular complexity index is 1190. The number of pyridine rings is 1. The van der Waals surface area contributed by atoms with Crippen LogP contribution in [0.3, 0.4) is 0 Å². The number of halogens is 1. The van der Waals surface area contributed by atoms with Gasteiger partial charge < -0.3 is 13.7 Å². The number of ether oxygens (including phenoxy) is 2. The smallest absolute Gasteiger partial charge is 0.341 e. The van der Waals surface area contributed by atoms with Gasteiger partial charge in [-0.05, 0) is 81.9 Å². The number of aromatic nitrogens is 3.